The molecule has 3 heteroatoms. The van der Waals surface area contributed by atoms with Crippen molar-refractivity contribution in [1.82, 2.24) is 4.90 Å². The lowest BCUT2D eigenvalue weighted by Crippen LogP contribution is -2.22. The van der Waals surface area contributed by atoms with E-state index in [1.165, 1.54) is 31.2 Å². The van der Waals surface area contributed by atoms with Crippen molar-refractivity contribution in [2.75, 3.05) is 19.7 Å². The number of phenols is 1. The van der Waals surface area contributed by atoms with Gasteiger partial charge >= 0.3 is 0 Å². The Balaban J connectivity index is 2.32. The Bertz CT molecular complexity index is 402. The Morgan fingerprint density at radius 3 is 2.14 bits per heavy atom. The molecule has 0 fully saturated rings. The second-order valence-electron chi connectivity index (χ2n) is 6.02. The fraction of sp³-hybridized carbons (Fsp3) is 0.684. The van der Waals surface area contributed by atoms with Gasteiger partial charge in [0.2, 0.25) is 0 Å². The van der Waals surface area contributed by atoms with Gasteiger partial charge in [-0.25, -0.2) is 0 Å². The number of rotatable bonds is 12. The van der Waals surface area contributed by atoms with Gasteiger partial charge < -0.3 is 10.2 Å². The molecule has 126 valence electrons. The third-order valence-electron chi connectivity index (χ3n) is 4.31. The van der Waals surface area contributed by atoms with E-state index in [-0.39, 0.29) is 0 Å². The molecular weight excluding hydrogens is 274 g/mol. The Morgan fingerprint density at radius 1 is 0.909 bits per heavy atom. The molecule has 0 aliphatic heterocycles. The van der Waals surface area contributed by atoms with E-state index >= 15 is 0 Å². The van der Waals surface area contributed by atoms with Crippen LogP contribution in [0.1, 0.15) is 63.5 Å². The van der Waals surface area contributed by atoms with Gasteiger partial charge in [-0.05, 0) is 44.0 Å². The molecule has 0 heterocycles. The minimum Gasteiger partial charge on any atom is -0.508 e. The molecule has 0 unspecified atom stereocenters. The largest absolute Gasteiger partial charge is 0.508 e. The number of aliphatic hydroxyl groups is 1. The van der Waals surface area contributed by atoms with E-state index in [1.807, 2.05) is 6.07 Å². The topological polar surface area (TPSA) is 43.7 Å². The predicted octanol–water partition coefficient (Wildman–Crippen LogP) is 4.11. The van der Waals surface area contributed by atoms with Crippen LogP contribution < -0.4 is 0 Å². The quantitative estimate of drug-likeness (QED) is 0.571. The van der Waals surface area contributed by atoms with Crippen molar-refractivity contribution in [2.24, 2.45) is 0 Å². The number of phenolic OH excluding ortho intramolecular Hbond substituents is 1. The average Bonchev–Trinajstić information content (AvgIpc) is 2.53. The maximum atomic E-state index is 10.2. The van der Waals surface area contributed by atoms with Crippen LogP contribution in [0.5, 0.6) is 5.75 Å². The molecule has 0 saturated carbocycles. The highest BCUT2D eigenvalue weighted by Crippen LogP contribution is 2.22. The second kappa shape index (κ2) is 11.5. The van der Waals surface area contributed by atoms with Crippen LogP contribution in [0.25, 0.3) is 0 Å². The fourth-order valence-electron chi connectivity index (χ4n) is 2.73. The molecule has 0 saturated heterocycles. The number of benzene rings is 1. The second-order valence-corrected chi connectivity index (χ2v) is 6.02. The average molecular weight is 307 g/mol. The summed E-state index contributed by atoms with van der Waals surface area (Å²) in [5, 5.41) is 18.9. The first-order valence-electron chi connectivity index (χ1n) is 8.85. The van der Waals surface area contributed by atoms with E-state index in [2.05, 4.69) is 30.9 Å². The SMILES string of the molecule is CCN(CC)Cc1ccc(CCCCCCCCO)cc1O. The van der Waals surface area contributed by atoms with E-state index in [4.69, 9.17) is 5.11 Å². The number of aromatic hydroxyl groups is 1. The molecule has 0 atom stereocenters. The van der Waals surface area contributed by atoms with Gasteiger partial charge in [0.05, 0.1) is 0 Å². The summed E-state index contributed by atoms with van der Waals surface area (Å²) in [5.41, 5.74) is 2.26. The summed E-state index contributed by atoms with van der Waals surface area (Å²) in [6, 6.07) is 6.17. The minimum absolute atomic E-state index is 0.319. The van der Waals surface area contributed by atoms with Gasteiger partial charge in [0.1, 0.15) is 5.75 Å². The van der Waals surface area contributed by atoms with Gasteiger partial charge in [0, 0.05) is 18.7 Å². The minimum atomic E-state index is 0.319. The first-order valence-corrected chi connectivity index (χ1v) is 8.85. The van der Waals surface area contributed by atoms with E-state index in [0.717, 1.165) is 44.5 Å². The van der Waals surface area contributed by atoms with Crippen molar-refractivity contribution in [2.45, 2.75) is 65.3 Å². The van der Waals surface area contributed by atoms with Crippen molar-refractivity contribution in [1.29, 1.82) is 0 Å². The van der Waals surface area contributed by atoms with E-state index in [1.54, 1.807) is 0 Å². The van der Waals surface area contributed by atoms with Crippen LogP contribution in [-0.2, 0) is 13.0 Å². The zero-order chi connectivity index (χ0) is 16.2. The first-order chi connectivity index (χ1) is 10.7. The summed E-state index contributed by atoms with van der Waals surface area (Å²) in [6.07, 6.45) is 7.97. The number of aliphatic hydroxyl groups excluding tert-OH is 1. The van der Waals surface area contributed by atoms with Gasteiger partial charge in [-0.15, -0.1) is 0 Å². The third kappa shape index (κ3) is 7.28. The molecule has 2 N–H and O–H groups in total. The zero-order valence-corrected chi connectivity index (χ0v) is 14.4. The van der Waals surface area contributed by atoms with E-state index < -0.39 is 0 Å². The summed E-state index contributed by atoms with van der Waals surface area (Å²) < 4.78 is 0. The highest BCUT2D eigenvalue weighted by atomic mass is 16.3. The zero-order valence-electron chi connectivity index (χ0n) is 14.4. The molecule has 0 aliphatic rings. The summed E-state index contributed by atoms with van der Waals surface area (Å²) in [7, 11) is 0. The number of hydrogen-bond donors (Lipinski definition) is 2. The van der Waals surface area contributed by atoms with Gasteiger partial charge in [-0.3, -0.25) is 4.90 Å². The molecule has 0 aliphatic carbocycles. The van der Waals surface area contributed by atoms with E-state index in [0.29, 0.717) is 12.4 Å². The Hall–Kier alpha value is -1.06. The molecule has 0 bridgehead atoms. The Morgan fingerprint density at radius 2 is 1.55 bits per heavy atom. The summed E-state index contributed by atoms with van der Waals surface area (Å²) in [4.78, 5) is 2.31. The molecule has 22 heavy (non-hydrogen) atoms. The monoisotopic (exact) mass is 307 g/mol. The lowest BCUT2D eigenvalue weighted by molar-refractivity contribution is 0.282. The molecule has 0 radical (unpaired) electrons. The first kappa shape index (κ1) is 19.0. The van der Waals surface area contributed by atoms with Crippen molar-refractivity contribution >= 4 is 0 Å². The molecule has 3 nitrogen and oxygen atoms in total. The highest BCUT2D eigenvalue weighted by molar-refractivity contribution is 5.36. The Labute approximate surface area is 136 Å². The summed E-state index contributed by atoms with van der Waals surface area (Å²) >= 11 is 0. The predicted molar refractivity (Wildman–Crippen MR) is 93.2 cm³/mol. The molecule has 1 aromatic carbocycles. The summed E-state index contributed by atoms with van der Waals surface area (Å²) in [5.74, 6) is 0.437. The van der Waals surface area contributed by atoms with Gasteiger partial charge in [-0.2, -0.15) is 0 Å². The maximum Gasteiger partial charge on any atom is 0.120 e. The fourth-order valence-corrected chi connectivity index (χ4v) is 2.73. The number of hydrogen-bond acceptors (Lipinski definition) is 3. The van der Waals surface area contributed by atoms with Gasteiger partial charge in [0.15, 0.2) is 0 Å². The van der Waals surface area contributed by atoms with Crippen LogP contribution in [0.2, 0.25) is 0 Å². The Kier molecular flexibility index (Phi) is 9.93. The van der Waals surface area contributed by atoms with Crippen molar-refractivity contribution in [3.63, 3.8) is 0 Å². The molecule has 0 aromatic heterocycles. The van der Waals surface area contributed by atoms with Gasteiger partial charge in [0.25, 0.3) is 0 Å². The van der Waals surface area contributed by atoms with Crippen LogP contribution in [0.4, 0.5) is 0 Å². The van der Waals surface area contributed by atoms with E-state index in [9.17, 15) is 5.11 Å². The van der Waals surface area contributed by atoms with Crippen LogP contribution in [0, 0.1) is 0 Å². The van der Waals surface area contributed by atoms with Gasteiger partial charge in [-0.1, -0.05) is 51.7 Å². The van der Waals surface area contributed by atoms with Crippen LogP contribution in [0.15, 0.2) is 18.2 Å². The number of aryl methyl sites for hydroxylation is 1. The number of unbranched alkanes of at least 4 members (excludes halogenated alkanes) is 5. The standard InChI is InChI=1S/C19H33NO2/c1-3-20(4-2)16-18-13-12-17(15-19(18)22)11-9-7-5-6-8-10-14-21/h12-13,15,21-22H,3-11,14,16H2,1-2H3. The maximum absolute atomic E-state index is 10.2. The molecule has 0 spiro atoms. The van der Waals surface area contributed by atoms with Crippen LogP contribution in [0.3, 0.4) is 0 Å². The molecule has 1 rings (SSSR count). The number of nitrogens with zero attached hydrogens (tertiary/aromatic N) is 1. The lowest BCUT2D eigenvalue weighted by atomic mass is 10.0. The molecule has 1 aromatic rings. The highest BCUT2D eigenvalue weighted by Gasteiger charge is 2.06. The third-order valence-corrected chi connectivity index (χ3v) is 4.31. The normalized spacial score (nSPS) is 11.3. The lowest BCUT2D eigenvalue weighted by Gasteiger charge is -2.19. The van der Waals surface area contributed by atoms with Crippen molar-refractivity contribution < 1.29 is 10.2 Å². The molecular formula is C19H33NO2. The van der Waals surface area contributed by atoms with Crippen molar-refractivity contribution in [3.05, 3.63) is 29.3 Å². The van der Waals surface area contributed by atoms with Crippen LogP contribution >= 0.6 is 0 Å². The van der Waals surface area contributed by atoms with Crippen LogP contribution in [-0.4, -0.2) is 34.8 Å². The summed E-state index contributed by atoms with van der Waals surface area (Å²) in [6.45, 7) is 7.45. The molecule has 0 amide bonds. The van der Waals surface area contributed by atoms with Crippen molar-refractivity contribution in [3.8, 4) is 5.75 Å². The smallest absolute Gasteiger partial charge is 0.120 e.